The molecule has 0 spiro atoms. The average Bonchev–Trinajstić information content (AvgIpc) is 2.82. The van der Waals surface area contributed by atoms with Gasteiger partial charge in [-0.25, -0.2) is 0 Å². The average molecular weight is 319 g/mol. The number of fused-ring (bicyclic) bond motifs is 1. The molecular weight excluding hydrogens is 304 g/mol. The summed E-state index contributed by atoms with van der Waals surface area (Å²) in [6.07, 6.45) is 1.55. The Hall–Kier alpha value is -2.27. The predicted molar refractivity (Wildman–Crippen MR) is 82.3 cm³/mol. The summed E-state index contributed by atoms with van der Waals surface area (Å²) >= 11 is 5.85. The summed E-state index contributed by atoms with van der Waals surface area (Å²) in [5.74, 6) is -0.749. The molecular formula is C16H15ClN2O3. The van der Waals surface area contributed by atoms with Gasteiger partial charge in [0.1, 0.15) is 5.69 Å². The van der Waals surface area contributed by atoms with E-state index in [4.69, 9.17) is 11.6 Å². The number of hydrogen-bond donors (Lipinski definition) is 1. The Morgan fingerprint density at radius 1 is 1.27 bits per heavy atom. The zero-order valence-electron chi connectivity index (χ0n) is 12.0. The van der Waals surface area contributed by atoms with Crippen LogP contribution in [0.2, 0.25) is 5.02 Å². The maximum atomic E-state index is 12.6. The highest BCUT2D eigenvalue weighted by atomic mass is 35.5. The maximum absolute atomic E-state index is 12.6. The molecule has 0 unspecified atom stereocenters. The van der Waals surface area contributed by atoms with Crippen molar-refractivity contribution in [1.29, 1.82) is 0 Å². The maximum Gasteiger partial charge on any atom is 0.274 e. The molecule has 1 aromatic carbocycles. The number of Topliss-reactive ketones (excluding diaryl/α,β-unsaturated/α-hetero) is 1. The fourth-order valence-electron chi connectivity index (χ4n) is 2.64. The lowest BCUT2D eigenvalue weighted by Gasteiger charge is -2.28. The van der Waals surface area contributed by atoms with Crippen LogP contribution in [-0.2, 0) is 13.1 Å². The van der Waals surface area contributed by atoms with E-state index in [9.17, 15) is 14.7 Å². The molecule has 6 heteroatoms. The largest absolute Gasteiger partial charge is 0.505 e. The van der Waals surface area contributed by atoms with Crippen molar-refractivity contribution >= 4 is 23.3 Å². The van der Waals surface area contributed by atoms with Crippen LogP contribution in [0.4, 0.5) is 0 Å². The lowest BCUT2D eigenvalue weighted by Crippen LogP contribution is -2.39. The summed E-state index contributed by atoms with van der Waals surface area (Å²) in [6.45, 7) is 2.89. The van der Waals surface area contributed by atoms with Crippen molar-refractivity contribution in [3.63, 3.8) is 0 Å². The van der Waals surface area contributed by atoms with Gasteiger partial charge in [-0.2, -0.15) is 0 Å². The fourth-order valence-corrected chi connectivity index (χ4v) is 2.77. The number of benzene rings is 1. The molecule has 1 aliphatic heterocycles. The molecule has 1 aromatic heterocycles. The quantitative estimate of drug-likeness (QED) is 0.885. The molecule has 1 aliphatic rings. The van der Waals surface area contributed by atoms with Gasteiger partial charge in [-0.3, -0.25) is 9.59 Å². The summed E-state index contributed by atoms with van der Waals surface area (Å²) in [5, 5.41) is 10.8. The minimum absolute atomic E-state index is 0.186. The Kier molecular flexibility index (Phi) is 3.66. The van der Waals surface area contributed by atoms with E-state index in [-0.39, 0.29) is 28.7 Å². The minimum Gasteiger partial charge on any atom is -0.505 e. The lowest BCUT2D eigenvalue weighted by molar-refractivity contribution is 0.0687. The van der Waals surface area contributed by atoms with Gasteiger partial charge in [0.05, 0.1) is 5.56 Å². The standard InChI is InChI=1S/C16H15ClN2O3/c1-10(20)13-9-18-6-7-19(16(22)14(18)15(13)21)8-11-2-4-12(17)5-3-11/h2-5,9,21H,6-8H2,1H3. The molecule has 0 bridgehead atoms. The highest BCUT2D eigenvalue weighted by molar-refractivity contribution is 6.30. The molecule has 2 heterocycles. The van der Waals surface area contributed by atoms with Gasteiger partial charge in [-0.05, 0) is 24.6 Å². The number of ketones is 1. The van der Waals surface area contributed by atoms with Gasteiger partial charge >= 0.3 is 0 Å². The molecule has 3 rings (SSSR count). The summed E-state index contributed by atoms with van der Waals surface area (Å²) in [5.41, 5.74) is 1.34. The number of carbonyl (C=O) groups is 2. The highest BCUT2D eigenvalue weighted by Gasteiger charge is 2.30. The Morgan fingerprint density at radius 2 is 1.95 bits per heavy atom. The first-order valence-electron chi connectivity index (χ1n) is 6.94. The highest BCUT2D eigenvalue weighted by Crippen LogP contribution is 2.29. The van der Waals surface area contributed by atoms with E-state index in [0.717, 1.165) is 5.56 Å². The van der Waals surface area contributed by atoms with Gasteiger partial charge in [0.2, 0.25) is 0 Å². The smallest absolute Gasteiger partial charge is 0.274 e. The van der Waals surface area contributed by atoms with Crippen LogP contribution in [0.25, 0.3) is 0 Å². The third-order valence-corrected chi connectivity index (χ3v) is 4.07. The van der Waals surface area contributed by atoms with Gasteiger partial charge in [0.15, 0.2) is 11.5 Å². The molecule has 22 heavy (non-hydrogen) atoms. The second kappa shape index (κ2) is 5.50. The van der Waals surface area contributed by atoms with Gasteiger partial charge in [0.25, 0.3) is 5.91 Å². The van der Waals surface area contributed by atoms with E-state index < -0.39 is 0 Å². The van der Waals surface area contributed by atoms with Crippen molar-refractivity contribution in [3.8, 4) is 5.75 Å². The lowest BCUT2D eigenvalue weighted by atomic mass is 10.1. The number of halogens is 1. The first-order valence-corrected chi connectivity index (χ1v) is 7.32. The van der Waals surface area contributed by atoms with Crippen LogP contribution in [0, 0.1) is 0 Å². The Bertz CT molecular complexity index is 749. The molecule has 0 atom stereocenters. The van der Waals surface area contributed by atoms with Crippen molar-refractivity contribution in [3.05, 3.63) is 52.3 Å². The SMILES string of the molecule is CC(=O)c1cn2c(c1O)C(=O)N(Cc1ccc(Cl)cc1)CC2. The Labute approximate surface area is 132 Å². The molecule has 0 aliphatic carbocycles. The molecule has 1 amide bonds. The molecule has 114 valence electrons. The van der Waals surface area contributed by atoms with Crippen molar-refractivity contribution in [2.75, 3.05) is 6.54 Å². The Morgan fingerprint density at radius 3 is 2.59 bits per heavy atom. The zero-order chi connectivity index (χ0) is 15.9. The first-order chi connectivity index (χ1) is 10.5. The van der Waals surface area contributed by atoms with E-state index in [2.05, 4.69) is 0 Å². The number of amides is 1. The third-order valence-electron chi connectivity index (χ3n) is 3.82. The number of rotatable bonds is 3. The van der Waals surface area contributed by atoms with E-state index in [1.54, 1.807) is 27.8 Å². The Balaban J connectivity index is 1.88. The molecule has 0 fully saturated rings. The number of carbonyl (C=O) groups excluding carboxylic acids is 2. The molecule has 0 saturated heterocycles. The first kappa shape index (κ1) is 14.7. The van der Waals surface area contributed by atoms with Crippen LogP contribution in [0.1, 0.15) is 33.3 Å². The molecule has 1 N–H and O–H groups in total. The number of aromatic nitrogens is 1. The monoisotopic (exact) mass is 318 g/mol. The summed E-state index contributed by atoms with van der Waals surface area (Å²) < 4.78 is 1.65. The molecule has 5 nitrogen and oxygen atoms in total. The van der Waals surface area contributed by atoms with E-state index >= 15 is 0 Å². The predicted octanol–water partition coefficient (Wildman–Crippen LogP) is 2.71. The van der Waals surface area contributed by atoms with Gasteiger partial charge < -0.3 is 14.6 Å². The van der Waals surface area contributed by atoms with Gasteiger partial charge in [-0.15, -0.1) is 0 Å². The molecule has 0 saturated carbocycles. The summed E-state index contributed by atoms with van der Waals surface area (Å²) in [7, 11) is 0. The van der Waals surface area contributed by atoms with Crippen molar-refractivity contribution in [2.45, 2.75) is 20.0 Å². The summed E-state index contributed by atoms with van der Waals surface area (Å²) in [6, 6.07) is 7.28. The zero-order valence-corrected chi connectivity index (χ0v) is 12.8. The molecule has 0 radical (unpaired) electrons. The van der Waals surface area contributed by atoms with Crippen LogP contribution in [0.15, 0.2) is 30.5 Å². The van der Waals surface area contributed by atoms with E-state index in [0.29, 0.717) is 24.7 Å². The molecule has 2 aromatic rings. The van der Waals surface area contributed by atoms with E-state index in [1.165, 1.54) is 6.92 Å². The minimum atomic E-state index is -0.272. The number of nitrogens with zero attached hydrogens (tertiary/aromatic N) is 2. The fraction of sp³-hybridized carbons (Fsp3) is 0.250. The normalized spacial score (nSPS) is 14.1. The third kappa shape index (κ3) is 2.48. The second-order valence-corrected chi connectivity index (χ2v) is 5.78. The second-order valence-electron chi connectivity index (χ2n) is 5.34. The topological polar surface area (TPSA) is 62.5 Å². The van der Waals surface area contributed by atoms with Crippen molar-refractivity contribution < 1.29 is 14.7 Å². The van der Waals surface area contributed by atoms with E-state index in [1.807, 2.05) is 12.1 Å². The number of hydrogen-bond acceptors (Lipinski definition) is 3. The van der Waals surface area contributed by atoms with Crippen LogP contribution in [0.5, 0.6) is 5.75 Å². The van der Waals surface area contributed by atoms with Crippen LogP contribution in [0.3, 0.4) is 0 Å². The number of aromatic hydroxyl groups is 1. The summed E-state index contributed by atoms with van der Waals surface area (Å²) in [4.78, 5) is 25.7. The van der Waals surface area contributed by atoms with Gasteiger partial charge in [-0.1, -0.05) is 23.7 Å². The van der Waals surface area contributed by atoms with Crippen LogP contribution < -0.4 is 0 Å². The van der Waals surface area contributed by atoms with Gasteiger partial charge in [0, 0.05) is 30.9 Å². The van der Waals surface area contributed by atoms with Crippen molar-refractivity contribution in [1.82, 2.24) is 9.47 Å². The van der Waals surface area contributed by atoms with Crippen molar-refractivity contribution in [2.24, 2.45) is 0 Å². The van der Waals surface area contributed by atoms with Crippen LogP contribution >= 0.6 is 11.6 Å². The van der Waals surface area contributed by atoms with Crippen LogP contribution in [-0.4, -0.2) is 32.8 Å².